The highest BCUT2D eigenvalue weighted by Gasteiger charge is 2.25. The van der Waals surface area contributed by atoms with Crippen LogP contribution in [0.4, 0.5) is 5.13 Å². The molecular formula is C14H25N3O3S2. The molecule has 0 amide bonds. The highest BCUT2D eigenvalue weighted by molar-refractivity contribution is 7.89. The largest absolute Gasteiger partial charge is 0.378 e. The van der Waals surface area contributed by atoms with E-state index >= 15 is 0 Å². The van der Waals surface area contributed by atoms with Gasteiger partial charge in [-0.2, -0.15) is 0 Å². The fourth-order valence-corrected chi connectivity index (χ4v) is 4.56. The smallest absolute Gasteiger partial charge is 0.216 e. The van der Waals surface area contributed by atoms with E-state index in [0.29, 0.717) is 19.6 Å². The van der Waals surface area contributed by atoms with E-state index in [4.69, 9.17) is 4.74 Å². The number of ether oxygens (including phenoxy) is 1. The molecule has 0 atom stereocenters. The second-order valence-corrected chi connectivity index (χ2v) is 8.67. The summed E-state index contributed by atoms with van der Waals surface area (Å²) in [4.78, 5) is 6.67. The van der Waals surface area contributed by atoms with Gasteiger partial charge in [-0.1, -0.05) is 0 Å². The number of nitrogens with zero attached hydrogens (tertiary/aromatic N) is 3. The third kappa shape index (κ3) is 4.91. The molecule has 0 bridgehead atoms. The SMILES string of the molecule is Cc1csc(N2CCCN(S(=O)(=O)CCOC(C)C)CC2)n1. The Bertz CT molecular complexity index is 572. The van der Waals surface area contributed by atoms with Crippen molar-refractivity contribution in [1.29, 1.82) is 0 Å². The van der Waals surface area contributed by atoms with Crippen molar-refractivity contribution in [2.75, 3.05) is 43.4 Å². The average molecular weight is 348 g/mol. The van der Waals surface area contributed by atoms with Crippen LogP contribution in [-0.2, 0) is 14.8 Å². The number of hydrogen-bond donors (Lipinski definition) is 0. The summed E-state index contributed by atoms with van der Waals surface area (Å²) in [7, 11) is -3.24. The van der Waals surface area contributed by atoms with Crippen LogP contribution in [-0.4, -0.2) is 62.3 Å². The van der Waals surface area contributed by atoms with Crippen LogP contribution in [0.3, 0.4) is 0 Å². The van der Waals surface area contributed by atoms with Gasteiger partial charge in [-0.15, -0.1) is 11.3 Å². The van der Waals surface area contributed by atoms with Crippen LogP contribution in [0.1, 0.15) is 26.0 Å². The van der Waals surface area contributed by atoms with Crippen molar-refractivity contribution in [3.05, 3.63) is 11.1 Å². The van der Waals surface area contributed by atoms with Crippen molar-refractivity contribution in [2.24, 2.45) is 0 Å². The lowest BCUT2D eigenvalue weighted by Crippen LogP contribution is -2.37. The van der Waals surface area contributed by atoms with E-state index in [1.807, 2.05) is 26.2 Å². The minimum atomic E-state index is -3.24. The summed E-state index contributed by atoms with van der Waals surface area (Å²) < 4.78 is 31.7. The Labute approximate surface area is 137 Å². The van der Waals surface area contributed by atoms with Crippen molar-refractivity contribution in [1.82, 2.24) is 9.29 Å². The Morgan fingerprint density at radius 2 is 2.09 bits per heavy atom. The second-order valence-electron chi connectivity index (χ2n) is 5.75. The number of sulfonamides is 1. The van der Waals surface area contributed by atoms with Gasteiger partial charge < -0.3 is 9.64 Å². The molecule has 6 nitrogen and oxygen atoms in total. The minimum absolute atomic E-state index is 0.0571. The van der Waals surface area contributed by atoms with E-state index in [2.05, 4.69) is 9.88 Å². The van der Waals surface area contributed by atoms with Gasteiger partial charge in [-0.25, -0.2) is 17.7 Å². The van der Waals surface area contributed by atoms with Crippen molar-refractivity contribution < 1.29 is 13.2 Å². The third-order valence-electron chi connectivity index (χ3n) is 3.52. The van der Waals surface area contributed by atoms with Crippen LogP contribution < -0.4 is 4.90 Å². The number of rotatable bonds is 6. The van der Waals surface area contributed by atoms with Crippen molar-refractivity contribution in [2.45, 2.75) is 33.3 Å². The Balaban J connectivity index is 1.91. The summed E-state index contributed by atoms with van der Waals surface area (Å²) in [5.74, 6) is 0.0571. The number of aromatic nitrogens is 1. The molecule has 0 radical (unpaired) electrons. The minimum Gasteiger partial charge on any atom is -0.378 e. The molecule has 0 aliphatic carbocycles. The number of aryl methyl sites for hydroxylation is 1. The van der Waals surface area contributed by atoms with Gasteiger partial charge in [0.15, 0.2) is 5.13 Å². The summed E-state index contributed by atoms with van der Waals surface area (Å²) in [6.45, 7) is 8.68. The van der Waals surface area contributed by atoms with Gasteiger partial charge in [0.2, 0.25) is 10.0 Å². The topological polar surface area (TPSA) is 62.7 Å². The second kappa shape index (κ2) is 7.72. The van der Waals surface area contributed by atoms with E-state index in [1.165, 1.54) is 0 Å². The number of anilines is 1. The fraction of sp³-hybridized carbons (Fsp3) is 0.786. The van der Waals surface area contributed by atoms with Crippen LogP contribution >= 0.6 is 11.3 Å². The standard InChI is InChI=1S/C14H25N3O3S2/c1-12(2)20-9-10-22(18,19)17-6-4-5-16(7-8-17)14-15-13(3)11-21-14/h11-12H,4-10H2,1-3H3. The Morgan fingerprint density at radius 1 is 1.32 bits per heavy atom. The summed E-state index contributed by atoms with van der Waals surface area (Å²) in [5.41, 5.74) is 1.01. The van der Waals surface area contributed by atoms with Gasteiger partial charge >= 0.3 is 0 Å². The zero-order chi connectivity index (χ0) is 16.2. The Kier molecular flexibility index (Phi) is 6.19. The van der Waals surface area contributed by atoms with Crippen LogP contribution in [0.5, 0.6) is 0 Å². The molecule has 8 heteroatoms. The lowest BCUT2D eigenvalue weighted by atomic mass is 10.4. The van der Waals surface area contributed by atoms with Gasteiger partial charge in [-0.05, 0) is 27.2 Å². The molecule has 1 aromatic heterocycles. The normalized spacial score (nSPS) is 17.9. The van der Waals surface area contributed by atoms with Gasteiger partial charge in [0.1, 0.15) is 0 Å². The van der Waals surface area contributed by atoms with E-state index in [9.17, 15) is 8.42 Å². The van der Waals surface area contributed by atoms with E-state index < -0.39 is 10.0 Å². The lowest BCUT2D eigenvalue weighted by Gasteiger charge is -2.21. The molecular weight excluding hydrogens is 322 g/mol. The molecule has 0 spiro atoms. The Hall–Kier alpha value is -0.700. The molecule has 0 aromatic carbocycles. The summed E-state index contributed by atoms with van der Waals surface area (Å²) in [5, 5.41) is 3.01. The van der Waals surface area contributed by atoms with Crippen molar-refractivity contribution in [3.63, 3.8) is 0 Å². The zero-order valence-corrected chi connectivity index (χ0v) is 15.1. The first-order chi connectivity index (χ1) is 10.4. The maximum absolute atomic E-state index is 12.4. The predicted octanol–water partition coefficient (Wildman–Crippen LogP) is 1.72. The molecule has 2 heterocycles. The van der Waals surface area contributed by atoms with Crippen LogP contribution in [0.25, 0.3) is 0 Å². The van der Waals surface area contributed by atoms with Crippen LogP contribution in [0.15, 0.2) is 5.38 Å². The van der Waals surface area contributed by atoms with Crippen LogP contribution in [0.2, 0.25) is 0 Å². The van der Waals surface area contributed by atoms with E-state index in [-0.39, 0.29) is 18.5 Å². The number of hydrogen-bond acceptors (Lipinski definition) is 6. The van der Waals surface area contributed by atoms with E-state index in [1.54, 1.807) is 15.6 Å². The van der Waals surface area contributed by atoms with Crippen LogP contribution in [0, 0.1) is 6.92 Å². The molecule has 1 aliphatic heterocycles. The van der Waals surface area contributed by atoms with Gasteiger partial charge in [-0.3, -0.25) is 0 Å². The molecule has 0 unspecified atom stereocenters. The Morgan fingerprint density at radius 3 is 2.73 bits per heavy atom. The molecule has 22 heavy (non-hydrogen) atoms. The first-order valence-electron chi connectivity index (χ1n) is 7.65. The summed E-state index contributed by atoms with van der Waals surface area (Å²) >= 11 is 1.62. The predicted molar refractivity (Wildman–Crippen MR) is 90.1 cm³/mol. The summed E-state index contributed by atoms with van der Waals surface area (Å²) in [6, 6.07) is 0. The molecule has 0 N–H and O–H groups in total. The molecule has 1 fully saturated rings. The first-order valence-corrected chi connectivity index (χ1v) is 10.1. The zero-order valence-electron chi connectivity index (χ0n) is 13.5. The molecule has 1 aliphatic rings. The van der Waals surface area contributed by atoms with E-state index in [0.717, 1.165) is 23.8 Å². The molecule has 1 aromatic rings. The van der Waals surface area contributed by atoms with Gasteiger partial charge in [0.05, 0.1) is 24.2 Å². The molecule has 126 valence electrons. The molecule has 0 saturated carbocycles. The third-order valence-corrected chi connectivity index (χ3v) is 6.37. The highest BCUT2D eigenvalue weighted by Crippen LogP contribution is 2.22. The maximum atomic E-state index is 12.4. The first kappa shape index (κ1) is 17.7. The quantitative estimate of drug-likeness (QED) is 0.784. The highest BCUT2D eigenvalue weighted by atomic mass is 32.2. The summed E-state index contributed by atoms with van der Waals surface area (Å²) in [6.07, 6.45) is 0.881. The monoisotopic (exact) mass is 347 g/mol. The average Bonchev–Trinajstić information content (AvgIpc) is 2.72. The number of thiazole rings is 1. The lowest BCUT2D eigenvalue weighted by molar-refractivity contribution is 0.0907. The fourth-order valence-electron chi connectivity index (χ4n) is 2.37. The van der Waals surface area contributed by atoms with Crippen molar-refractivity contribution in [3.8, 4) is 0 Å². The van der Waals surface area contributed by atoms with Gasteiger partial charge in [0, 0.05) is 31.6 Å². The molecule has 2 rings (SSSR count). The van der Waals surface area contributed by atoms with Crippen molar-refractivity contribution >= 4 is 26.5 Å². The van der Waals surface area contributed by atoms with Gasteiger partial charge in [0.25, 0.3) is 0 Å². The molecule has 1 saturated heterocycles. The maximum Gasteiger partial charge on any atom is 0.216 e.